The number of benzene rings is 1. The van der Waals surface area contributed by atoms with Crippen LogP contribution in [0.15, 0.2) is 29.1 Å². The summed E-state index contributed by atoms with van der Waals surface area (Å²) in [6.07, 6.45) is 2.82. The minimum Gasteiger partial charge on any atom is -0.379 e. The van der Waals surface area contributed by atoms with Crippen LogP contribution in [0.25, 0.3) is 10.9 Å². The molecule has 9 nitrogen and oxygen atoms in total. The van der Waals surface area contributed by atoms with Crippen molar-refractivity contribution >= 4 is 10.9 Å². The molecule has 1 aromatic carbocycles. The summed E-state index contributed by atoms with van der Waals surface area (Å²) in [6.45, 7) is 16.4. The molecule has 1 fully saturated rings. The van der Waals surface area contributed by atoms with Crippen molar-refractivity contribution in [2.75, 3.05) is 39.4 Å². The highest BCUT2D eigenvalue weighted by atomic mass is 16.5. The summed E-state index contributed by atoms with van der Waals surface area (Å²) in [5.74, 6) is 0.874. The highest BCUT2D eigenvalue weighted by Crippen LogP contribution is 2.30. The maximum Gasteiger partial charge on any atom is 0.252 e. The molecule has 3 heterocycles. The van der Waals surface area contributed by atoms with E-state index in [0.717, 1.165) is 80.9 Å². The van der Waals surface area contributed by atoms with Crippen LogP contribution in [0.4, 0.5) is 0 Å². The standard InChI is InChI=1S/C27H41N7O2/c1-6-8-24(25-29-30-31-34(25)27(4,5)7-2)33(12-11-32-13-15-36-16-14-32)19-22-18-21-17-20(3)9-10-23(21)28-26(22)35/h9-10,17-18,24H,6-8,11-16,19H2,1-5H3,(H,28,35). The zero-order chi connectivity index (χ0) is 25.7. The molecule has 0 aliphatic carbocycles. The van der Waals surface area contributed by atoms with Crippen molar-refractivity contribution in [3.63, 3.8) is 0 Å². The van der Waals surface area contributed by atoms with Gasteiger partial charge in [-0.25, -0.2) is 4.68 Å². The fraction of sp³-hybridized carbons (Fsp3) is 0.630. The van der Waals surface area contributed by atoms with Crippen molar-refractivity contribution in [3.05, 3.63) is 51.6 Å². The Morgan fingerprint density at radius 1 is 1.19 bits per heavy atom. The molecule has 0 amide bonds. The number of hydrogen-bond donors (Lipinski definition) is 1. The van der Waals surface area contributed by atoms with Crippen LogP contribution in [0.2, 0.25) is 0 Å². The summed E-state index contributed by atoms with van der Waals surface area (Å²) < 4.78 is 7.54. The van der Waals surface area contributed by atoms with E-state index in [1.807, 2.05) is 22.9 Å². The van der Waals surface area contributed by atoms with Gasteiger partial charge >= 0.3 is 0 Å². The Morgan fingerprint density at radius 2 is 1.97 bits per heavy atom. The molecule has 0 saturated carbocycles. The van der Waals surface area contributed by atoms with E-state index in [1.165, 1.54) is 5.56 Å². The first-order valence-electron chi connectivity index (χ1n) is 13.3. The molecule has 1 aliphatic rings. The van der Waals surface area contributed by atoms with Crippen molar-refractivity contribution < 1.29 is 4.74 Å². The van der Waals surface area contributed by atoms with Crippen LogP contribution in [-0.4, -0.2) is 74.4 Å². The maximum absolute atomic E-state index is 13.1. The average Bonchev–Trinajstić information content (AvgIpc) is 3.37. The monoisotopic (exact) mass is 495 g/mol. The van der Waals surface area contributed by atoms with Crippen molar-refractivity contribution in [2.24, 2.45) is 0 Å². The van der Waals surface area contributed by atoms with E-state index in [9.17, 15) is 4.79 Å². The number of tetrazole rings is 1. The Morgan fingerprint density at radius 3 is 2.69 bits per heavy atom. The van der Waals surface area contributed by atoms with E-state index in [4.69, 9.17) is 4.74 Å². The van der Waals surface area contributed by atoms with Crippen molar-refractivity contribution in [3.8, 4) is 0 Å². The lowest BCUT2D eigenvalue weighted by Crippen LogP contribution is -2.43. The second kappa shape index (κ2) is 11.6. The first-order chi connectivity index (χ1) is 17.3. The van der Waals surface area contributed by atoms with Crippen LogP contribution in [-0.2, 0) is 16.8 Å². The third kappa shape index (κ3) is 6.02. The second-order valence-electron chi connectivity index (χ2n) is 10.6. The van der Waals surface area contributed by atoms with Crippen LogP contribution in [0.1, 0.15) is 70.0 Å². The van der Waals surface area contributed by atoms with Crippen LogP contribution in [0.3, 0.4) is 0 Å². The number of H-pyrrole nitrogens is 1. The predicted molar refractivity (Wildman–Crippen MR) is 142 cm³/mol. The third-order valence-electron chi connectivity index (χ3n) is 7.49. The SMILES string of the molecule is CCCC(c1nnnn1C(C)(C)CC)N(CCN1CCOCC1)Cc1cc2cc(C)ccc2[nH]c1=O. The Labute approximate surface area is 213 Å². The van der Waals surface area contributed by atoms with Gasteiger partial charge in [0.25, 0.3) is 5.56 Å². The Kier molecular flexibility index (Phi) is 8.54. The van der Waals surface area contributed by atoms with E-state index < -0.39 is 0 Å². The molecule has 1 aliphatic heterocycles. The molecular formula is C27H41N7O2. The van der Waals surface area contributed by atoms with E-state index >= 15 is 0 Å². The van der Waals surface area contributed by atoms with Gasteiger partial charge in [0, 0.05) is 43.8 Å². The number of pyridine rings is 1. The van der Waals surface area contributed by atoms with Gasteiger partial charge < -0.3 is 9.72 Å². The molecule has 2 aromatic heterocycles. The number of fused-ring (bicyclic) bond motifs is 1. The number of aromatic nitrogens is 5. The van der Waals surface area contributed by atoms with E-state index in [-0.39, 0.29) is 17.1 Å². The minimum atomic E-state index is -0.196. The zero-order valence-electron chi connectivity index (χ0n) is 22.5. The Hall–Kier alpha value is -2.62. The quantitative estimate of drug-likeness (QED) is 0.434. The maximum atomic E-state index is 13.1. The van der Waals surface area contributed by atoms with Crippen LogP contribution in [0.5, 0.6) is 0 Å². The number of aryl methyl sites for hydroxylation is 1. The molecule has 1 unspecified atom stereocenters. The highest BCUT2D eigenvalue weighted by Gasteiger charge is 2.31. The topological polar surface area (TPSA) is 92.2 Å². The van der Waals surface area contributed by atoms with Crippen molar-refractivity contribution in [1.82, 2.24) is 35.0 Å². The number of hydrogen-bond acceptors (Lipinski definition) is 7. The number of aromatic amines is 1. The van der Waals surface area contributed by atoms with Gasteiger partial charge in [0.15, 0.2) is 5.82 Å². The molecule has 0 spiro atoms. The molecule has 3 aromatic rings. The summed E-state index contributed by atoms with van der Waals surface area (Å²) in [6, 6.07) is 8.18. The molecule has 4 rings (SSSR count). The summed E-state index contributed by atoms with van der Waals surface area (Å²) >= 11 is 0. The molecule has 9 heteroatoms. The minimum absolute atomic E-state index is 0.00414. The molecule has 1 atom stereocenters. The number of nitrogens with zero attached hydrogens (tertiary/aromatic N) is 6. The van der Waals surface area contributed by atoms with Gasteiger partial charge in [0.05, 0.1) is 24.8 Å². The Bertz CT molecular complexity index is 1200. The van der Waals surface area contributed by atoms with Crippen LogP contribution in [0, 0.1) is 6.92 Å². The fourth-order valence-corrected chi connectivity index (χ4v) is 4.88. The predicted octanol–water partition coefficient (Wildman–Crippen LogP) is 3.64. The van der Waals surface area contributed by atoms with Gasteiger partial charge in [-0.1, -0.05) is 31.9 Å². The smallest absolute Gasteiger partial charge is 0.252 e. The van der Waals surface area contributed by atoms with Crippen molar-refractivity contribution in [1.29, 1.82) is 0 Å². The lowest BCUT2D eigenvalue weighted by Gasteiger charge is -2.35. The molecule has 1 saturated heterocycles. The van der Waals surface area contributed by atoms with Crippen molar-refractivity contribution in [2.45, 2.75) is 72.0 Å². The van der Waals surface area contributed by atoms with E-state index in [0.29, 0.717) is 6.54 Å². The summed E-state index contributed by atoms with van der Waals surface area (Å²) in [5, 5.41) is 14.1. The van der Waals surface area contributed by atoms with Gasteiger partial charge in [0.2, 0.25) is 0 Å². The first kappa shape index (κ1) is 26.4. The zero-order valence-corrected chi connectivity index (χ0v) is 22.5. The summed E-state index contributed by atoms with van der Waals surface area (Å²) in [5.41, 5.74) is 2.58. The third-order valence-corrected chi connectivity index (χ3v) is 7.49. The molecule has 36 heavy (non-hydrogen) atoms. The molecule has 196 valence electrons. The van der Waals surface area contributed by atoms with Crippen LogP contribution < -0.4 is 5.56 Å². The first-order valence-corrected chi connectivity index (χ1v) is 13.3. The fourth-order valence-electron chi connectivity index (χ4n) is 4.88. The number of ether oxygens (including phenoxy) is 1. The van der Waals surface area contributed by atoms with Gasteiger partial charge in [-0.3, -0.25) is 14.6 Å². The summed E-state index contributed by atoms with van der Waals surface area (Å²) in [7, 11) is 0. The number of rotatable bonds is 11. The molecule has 0 radical (unpaired) electrons. The van der Waals surface area contributed by atoms with Gasteiger partial charge in [0.1, 0.15) is 0 Å². The van der Waals surface area contributed by atoms with Gasteiger partial charge in [-0.2, -0.15) is 0 Å². The molecule has 1 N–H and O–H groups in total. The molecular weight excluding hydrogens is 454 g/mol. The lowest BCUT2D eigenvalue weighted by molar-refractivity contribution is 0.0286. The van der Waals surface area contributed by atoms with Crippen LogP contribution >= 0.6 is 0 Å². The number of nitrogens with one attached hydrogen (secondary N) is 1. The lowest BCUT2D eigenvalue weighted by atomic mass is 10.0. The van der Waals surface area contributed by atoms with Gasteiger partial charge in [-0.15, -0.1) is 5.10 Å². The highest BCUT2D eigenvalue weighted by molar-refractivity contribution is 5.79. The van der Waals surface area contributed by atoms with E-state index in [2.05, 4.69) is 71.0 Å². The number of morpholine rings is 1. The van der Waals surface area contributed by atoms with Gasteiger partial charge in [-0.05, 0) is 67.6 Å². The normalized spacial score (nSPS) is 16.2. The Balaban J connectivity index is 1.70. The summed E-state index contributed by atoms with van der Waals surface area (Å²) in [4.78, 5) is 21.1. The van der Waals surface area contributed by atoms with E-state index in [1.54, 1.807) is 0 Å². The second-order valence-corrected chi connectivity index (χ2v) is 10.6. The largest absolute Gasteiger partial charge is 0.379 e. The molecule has 0 bridgehead atoms. The average molecular weight is 496 g/mol.